The van der Waals surface area contributed by atoms with E-state index in [9.17, 15) is 4.79 Å². The van der Waals surface area contributed by atoms with Crippen LogP contribution in [0, 0.1) is 0 Å². The summed E-state index contributed by atoms with van der Waals surface area (Å²) in [5.41, 5.74) is 3.38. The molecule has 0 fully saturated rings. The van der Waals surface area contributed by atoms with E-state index in [1.54, 1.807) is 12.4 Å². The highest BCUT2D eigenvalue weighted by molar-refractivity contribution is 5.75. The van der Waals surface area contributed by atoms with Crippen LogP contribution in [0.2, 0.25) is 0 Å². The monoisotopic (exact) mass is 222 g/mol. The molecule has 1 aromatic heterocycles. The Morgan fingerprint density at radius 3 is 2.75 bits per heavy atom. The normalized spacial score (nSPS) is 10.4. The number of aromatic nitrogens is 1. The molecule has 0 saturated heterocycles. The Labute approximate surface area is 95.6 Å². The molecule has 1 aromatic rings. The highest BCUT2D eigenvalue weighted by atomic mass is 16.2. The van der Waals surface area contributed by atoms with Crippen molar-refractivity contribution in [1.29, 1.82) is 0 Å². The zero-order chi connectivity index (χ0) is 11.8. The summed E-state index contributed by atoms with van der Waals surface area (Å²) in [6, 6.07) is 4.00. The molecule has 0 aromatic carbocycles. The Bertz CT molecular complexity index is 315. The van der Waals surface area contributed by atoms with Crippen molar-refractivity contribution in [3.05, 3.63) is 30.1 Å². The van der Waals surface area contributed by atoms with Crippen LogP contribution >= 0.6 is 0 Å². The zero-order valence-electron chi connectivity index (χ0n) is 9.52. The summed E-state index contributed by atoms with van der Waals surface area (Å²) in [6.45, 7) is 1.63. The van der Waals surface area contributed by atoms with E-state index in [1.807, 2.05) is 19.2 Å². The summed E-state index contributed by atoms with van der Waals surface area (Å²) >= 11 is 0. The summed E-state index contributed by atoms with van der Waals surface area (Å²) in [4.78, 5) is 17.0. The van der Waals surface area contributed by atoms with E-state index in [0.717, 1.165) is 13.0 Å². The fraction of sp³-hybridized carbons (Fsp3) is 0.455. The van der Waals surface area contributed by atoms with Gasteiger partial charge in [0, 0.05) is 31.9 Å². The number of hydrogen-bond acceptors (Lipinski definition) is 4. The standard InChI is InChI=1S/C11H18N4O/c1-15(9-5-11(16)14-12)8-4-10-2-6-13-7-3-10/h2-3,6-7H,4-5,8-9,12H2,1H3,(H,14,16). The minimum atomic E-state index is -0.129. The van der Waals surface area contributed by atoms with Crippen LogP contribution in [0.15, 0.2) is 24.5 Å². The van der Waals surface area contributed by atoms with E-state index in [0.29, 0.717) is 13.0 Å². The topological polar surface area (TPSA) is 71.2 Å². The molecule has 0 atom stereocenters. The van der Waals surface area contributed by atoms with E-state index >= 15 is 0 Å². The van der Waals surface area contributed by atoms with E-state index < -0.39 is 0 Å². The average molecular weight is 222 g/mol. The number of nitrogens with zero attached hydrogens (tertiary/aromatic N) is 2. The summed E-state index contributed by atoms with van der Waals surface area (Å²) < 4.78 is 0. The first kappa shape index (κ1) is 12.6. The summed E-state index contributed by atoms with van der Waals surface area (Å²) in [5, 5.41) is 0. The molecule has 1 amide bonds. The maximum absolute atomic E-state index is 10.9. The van der Waals surface area contributed by atoms with Crippen LogP contribution < -0.4 is 11.3 Å². The molecule has 1 rings (SSSR count). The predicted molar refractivity (Wildman–Crippen MR) is 62.4 cm³/mol. The quantitative estimate of drug-likeness (QED) is 0.402. The van der Waals surface area contributed by atoms with Gasteiger partial charge in [0.15, 0.2) is 0 Å². The van der Waals surface area contributed by atoms with Gasteiger partial charge in [0.2, 0.25) is 5.91 Å². The Hall–Kier alpha value is -1.46. The van der Waals surface area contributed by atoms with Crippen molar-refractivity contribution in [2.45, 2.75) is 12.8 Å². The molecular weight excluding hydrogens is 204 g/mol. The number of pyridine rings is 1. The van der Waals surface area contributed by atoms with Crippen LogP contribution in [0.1, 0.15) is 12.0 Å². The third-order valence-electron chi connectivity index (χ3n) is 2.41. The first-order valence-electron chi connectivity index (χ1n) is 5.29. The number of carbonyl (C=O) groups is 1. The SMILES string of the molecule is CN(CCC(=O)NN)CCc1ccncc1. The van der Waals surface area contributed by atoms with Gasteiger partial charge in [0.25, 0.3) is 0 Å². The number of amides is 1. The van der Waals surface area contributed by atoms with Crippen molar-refractivity contribution >= 4 is 5.91 Å². The van der Waals surface area contributed by atoms with Crippen LogP contribution in [-0.4, -0.2) is 35.9 Å². The Balaban J connectivity index is 2.20. The molecule has 0 bridgehead atoms. The number of likely N-dealkylation sites (N-methyl/N-ethyl adjacent to an activating group) is 1. The van der Waals surface area contributed by atoms with Crippen molar-refractivity contribution in [1.82, 2.24) is 15.3 Å². The lowest BCUT2D eigenvalue weighted by atomic mass is 10.2. The van der Waals surface area contributed by atoms with Gasteiger partial charge in [-0.25, -0.2) is 5.84 Å². The summed E-state index contributed by atoms with van der Waals surface area (Å²) in [7, 11) is 1.99. The first-order chi connectivity index (χ1) is 7.72. The van der Waals surface area contributed by atoms with Crippen molar-refractivity contribution in [3.63, 3.8) is 0 Å². The molecule has 1 heterocycles. The van der Waals surface area contributed by atoms with Gasteiger partial charge < -0.3 is 4.90 Å². The molecule has 0 radical (unpaired) electrons. The van der Waals surface area contributed by atoms with Crippen molar-refractivity contribution < 1.29 is 4.79 Å². The van der Waals surface area contributed by atoms with Crippen LogP contribution in [0.25, 0.3) is 0 Å². The Morgan fingerprint density at radius 2 is 2.12 bits per heavy atom. The molecule has 0 unspecified atom stereocenters. The molecule has 3 N–H and O–H groups in total. The van der Waals surface area contributed by atoms with Gasteiger partial charge in [-0.15, -0.1) is 0 Å². The Kier molecular flexibility index (Phi) is 5.45. The zero-order valence-corrected chi connectivity index (χ0v) is 9.52. The van der Waals surface area contributed by atoms with Crippen LogP contribution in [0.3, 0.4) is 0 Å². The maximum atomic E-state index is 10.9. The number of nitrogens with two attached hydrogens (primary N) is 1. The van der Waals surface area contributed by atoms with Gasteiger partial charge >= 0.3 is 0 Å². The van der Waals surface area contributed by atoms with Crippen LogP contribution in [-0.2, 0) is 11.2 Å². The smallest absolute Gasteiger partial charge is 0.235 e. The minimum absolute atomic E-state index is 0.129. The second-order valence-corrected chi connectivity index (χ2v) is 3.73. The lowest BCUT2D eigenvalue weighted by molar-refractivity contribution is -0.121. The maximum Gasteiger partial charge on any atom is 0.235 e. The van der Waals surface area contributed by atoms with E-state index in [2.05, 4.69) is 15.3 Å². The predicted octanol–water partition coefficient (Wildman–Crippen LogP) is -0.0641. The molecule has 5 heteroatoms. The molecule has 0 aliphatic heterocycles. The highest BCUT2D eigenvalue weighted by Gasteiger charge is 2.03. The number of hydrazine groups is 1. The summed E-state index contributed by atoms with van der Waals surface area (Å²) in [5.74, 6) is 4.87. The first-order valence-corrected chi connectivity index (χ1v) is 5.29. The van der Waals surface area contributed by atoms with E-state index in [4.69, 9.17) is 5.84 Å². The van der Waals surface area contributed by atoms with Crippen molar-refractivity contribution in [3.8, 4) is 0 Å². The molecule has 0 aliphatic rings. The van der Waals surface area contributed by atoms with Gasteiger partial charge in [0.05, 0.1) is 0 Å². The molecule has 88 valence electrons. The minimum Gasteiger partial charge on any atom is -0.306 e. The van der Waals surface area contributed by atoms with Gasteiger partial charge in [-0.05, 0) is 31.2 Å². The molecule has 5 nitrogen and oxygen atoms in total. The van der Waals surface area contributed by atoms with E-state index in [1.165, 1.54) is 5.56 Å². The fourth-order valence-electron chi connectivity index (χ4n) is 1.35. The number of hydrogen-bond donors (Lipinski definition) is 2. The second-order valence-electron chi connectivity index (χ2n) is 3.73. The van der Waals surface area contributed by atoms with E-state index in [-0.39, 0.29) is 5.91 Å². The lowest BCUT2D eigenvalue weighted by Gasteiger charge is -2.15. The second kappa shape index (κ2) is 6.92. The molecule has 0 aliphatic carbocycles. The molecule has 16 heavy (non-hydrogen) atoms. The highest BCUT2D eigenvalue weighted by Crippen LogP contribution is 1.99. The van der Waals surface area contributed by atoms with Gasteiger partial charge in [0.1, 0.15) is 0 Å². The molecule has 0 saturated carbocycles. The Morgan fingerprint density at radius 1 is 1.44 bits per heavy atom. The van der Waals surface area contributed by atoms with Crippen LogP contribution in [0.4, 0.5) is 0 Å². The average Bonchev–Trinajstić information content (AvgIpc) is 2.34. The van der Waals surface area contributed by atoms with Crippen LogP contribution in [0.5, 0.6) is 0 Å². The number of rotatable bonds is 6. The van der Waals surface area contributed by atoms with Crippen molar-refractivity contribution in [2.75, 3.05) is 20.1 Å². The third kappa shape index (κ3) is 4.86. The molecule has 0 spiro atoms. The lowest BCUT2D eigenvalue weighted by Crippen LogP contribution is -2.33. The molecular formula is C11H18N4O. The van der Waals surface area contributed by atoms with Gasteiger partial charge in [-0.3, -0.25) is 15.2 Å². The van der Waals surface area contributed by atoms with Gasteiger partial charge in [-0.1, -0.05) is 0 Å². The van der Waals surface area contributed by atoms with Crippen molar-refractivity contribution in [2.24, 2.45) is 5.84 Å². The van der Waals surface area contributed by atoms with Gasteiger partial charge in [-0.2, -0.15) is 0 Å². The largest absolute Gasteiger partial charge is 0.306 e. The number of nitrogens with one attached hydrogen (secondary N) is 1. The summed E-state index contributed by atoms with van der Waals surface area (Å²) in [6.07, 6.45) is 4.97. The number of carbonyl (C=O) groups excluding carboxylic acids is 1. The fourth-order valence-corrected chi connectivity index (χ4v) is 1.35. The third-order valence-corrected chi connectivity index (χ3v) is 2.41.